The quantitative estimate of drug-likeness (QED) is 0.497. The number of carbonyl (C=O) groups excluding carboxylic acids is 1. The predicted octanol–water partition coefficient (Wildman–Crippen LogP) is 0.705. The molecule has 0 aromatic rings. The first-order valence-corrected chi connectivity index (χ1v) is 3.95. The molecule has 0 saturated carbocycles. The lowest BCUT2D eigenvalue weighted by Gasteiger charge is -2.10. The average Bonchev–Trinajstić information content (AvgIpc) is 1.99. The second-order valence-corrected chi connectivity index (χ2v) is 2.94. The Morgan fingerprint density at radius 3 is 3.33 bits per heavy atom. The van der Waals surface area contributed by atoms with Crippen LogP contribution in [0, 0.1) is 0 Å². The number of nitrogens with zero attached hydrogens (tertiary/aromatic N) is 1. The standard InChI is InChI=1S/C6H9NOS/c1-7-5-9-4-2-3-6(7)8/h2-3H,4-5H2,1H3. The Kier molecular flexibility index (Phi) is 2.16. The van der Waals surface area contributed by atoms with Crippen LogP contribution in [-0.4, -0.2) is 29.5 Å². The topological polar surface area (TPSA) is 20.3 Å². The molecule has 0 N–H and O–H groups in total. The monoisotopic (exact) mass is 143 g/mol. The molecule has 0 radical (unpaired) electrons. The highest BCUT2D eigenvalue weighted by Gasteiger charge is 2.05. The molecule has 0 aliphatic carbocycles. The van der Waals surface area contributed by atoms with Crippen molar-refractivity contribution in [3.63, 3.8) is 0 Å². The Morgan fingerprint density at radius 1 is 1.78 bits per heavy atom. The van der Waals surface area contributed by atoms with E-state index in [0.717, 1.165) is 11.6 Å². The third-order valence-electron chi connectivity index (χ3n) is 1.14. The van der Waals surface area contributed by atoms with Gasteiger partial charge in [0.1, 0.15) is 0 Å². The van der Waals surface area contributed by atoms with Crippen molar-refractivity contribution in [2.45, 2.75) is 0 Å². The van der Waals surface area contributed by atoms with E-state index in [9.17, 15) is 4.79 Å². The molecule has 0 bridgehead atoms. The van der Waals surface area contributed by atoms with Gasteiger partial charge in [0.25, 0.3) is 0 Å². The number of rotatable bonds is 0. The molecule has 0 aromatic carbocycles. The first-order chi connectivity index (χ1) is 4.30. The van der Waals surface area contributed by atoms with Gasteiger partial charge in [0, 0.05) is 12.8 Å². The molecular weight excluding hydrogens is 134 g/mol. The number of hydrogen-bond donors (Lipinski definition) is 0. The minimum absolute atomic E-state index is 0.111. The number of likely N-dealkylation sites (N-methyl/N-ethyl adjacent to an activating group) is 1. The summed E-state index contributed by atoms with van der Waals surface area (Å²) < 4.78 is 0. The molecule has 0 saturated heterocycles. The van der Waals surface area contributed by atoms with Gasteiger partial charge in [-0.15, -0.1) is 11.8 Å². The van der Waals surface area contributed by atoms with Crippen LogP contribution in [0.25, 0.3) is 0 Å². The molecule has 0 fully saturated rings. The summed E-state index contributed by atoms with van der Waals surface area (Å²) in [5.74, 6) is 1.88. The molecule has 2 nitrogen and oxygen atoms in total. The van der Waals surface area contributed by atoms with Crippen LogP contribution in [0.15, 0.2) is 12.2 Å². The van der Waals surface area contributed by atoms with Crippen LogP contribution < -0.4 is 0 Å². The molecule has 1 aliphatic heterocycles. The zero-order chi connectivity index (χ0) is 6.69. The minimum Gasteiger partial charge on any atom is -0.333 e. The Morgan fingerprint density at radius 2 is 2.56 bits per heavy atom. The van der Waals surface area contributed by atoms with E-state index in [1.54, 1.807) is 22.7 Å². The summed E-state index contributed by atoms with van der Waals surface area (Å²) in [6.07, 6.45) is 3.52. The van der Waals surface area contributed by atoms with Crippen molar-refractivity contribution >= 4 is 17.7 Å². The van der Waals surface area contributed by atoms with E-state index in [0.29, 0.717) is 0 Å². The van der Waals surface area contributed by atoms with Crippen LogP contribution in [0.4, 0.5) is 0 Å². The Hall–Kier alpha value is -0.440. The van der Waals surface area contributed by atoms with E-state index in [1.165, 1.54) is 0 Å². The van der Waals surface area contributed by atoms with Crippen LogP contribution >= 0.6 is 11.8 Å². The summed E-state index contributed by atoms with van der Waals surface area (Å²) >= 11 is 1.75. The molecule has 0 unspecified atom stereocenters. The van der Waals surface area contributed by atoms with Crippen molar-refractivity contribution in [3.8, 4) is 0 Å². The van der Waals surface area contributed by atoms with E-state index in [2.05, 4.69) is 0 Å². The first-order valence-electron chi connectivity index (χ1n) is 2.80. The van der Waals surface area contributed by atoms with Gasteiger partial charge in [0.2, 0.25) is 5.91 Å². The Labute approximate surface area is 58.9 Å². The van der Waals surface area contributed by atoms with Gasteiger partial charge in [0.05, 0.1) is 5.88 Å². The molecule has 1 aliphatic rings. The molecule has 0 aromatic heterocycles. The first kappa shape index (κ1) is 6.68. The molecule has 3 heteroatoms. The fourth-order valence-corrected chi connectivity index (χ4v) is 1.34. The second-order valence-electron chi connectivity index (χ2n) is 1.94. The fraction of sp³-hybridized carbons (Fsp3) is 0.500. The summed E-state index contributed by atoms with van der Waals surface area (Å²) in [5.41, 5.74) is 0. The highest BCUT2D eigenvalue weighted by Crippen LogP contribution is 2.06. The van der Waals surface area contributed by atoms with Gasteiger partial charge < -0.3 is 4.90 Å². The normalized spacial score (nSPS) is 20.1. The van der Waals surface area contributed by atoms with E-state index >= 15 is 0 Å². The number of carbonyl (C=O) groups is 1. The van der Waals surface area contributed by atoms with Gasteiger partial charge in [-0.25, -0.2) is 0 Å². The van der Waals surface area contributed by atoms with E-state index in [1.807, 2.05) is 13.1 Å². The zero-order valence-corrected chi connectivity index (χ0v) is 6.15. The third-order valence-corrected chi connectivity index (χ3v) is 2.13. The predicted molar refractivity (Wildman–Crippen MR) is 39.2 cm³/mol. The maximum atomic E-state index is 10.8. The van der Waals surface area contributed by atoms with Gasteiger partial charge in [-0.05, 0) is 6.08 Å². The number of hydrogen-bond acceptors (Lipinski definition) is 2. The molecule has 1 amide bonds. The lowest BCUT2D eigenvalue weighted by atomic mass is 10.5. The Bertz CT molecular complexity index is 144. The van der Waals surface area contributed by atoms with E-state index in [-0.39, 0.29) is 5.91 Å². The van der Waals surface area contributed by atoms with Crippen LogP contribution in [-0.2, 0) is 4.79 Å². The minimum atomic E-state index is 0.111. The molecule has 0 atom stereocenters. The molecule has 50 valence electrons. The van der Waals surface area contributed by atoms with Crippen LogP contribution in [0.2, 0.25) is 0 Å². The third kappa shape index (κ3) is 1.75. The second kappa shape index (κ2) is 2.92. The summed E-state index contributed by atoms with van der Waals surface area (Å²) in [6, 6.07) is 0. The molecule has 1 rings (SSSR count). The van der Waals surface area contributed by atoms with Crippen LogP contribution in [0.3, 0.4) is 0 Å². The molecular formula is C6H9NOS. The highest BCUT2D eigenvalue weighted by molar-refractivity contribution is 7.99. The maximum Gasteiger partial charge on any atom is 0.246 e. The lowest BCUT2D eigenvalue weighted by molar-refractivity contribution is -0.123. The molecule has 1 heterocycles. The zero-order valence-electron chi connectivity index (χ0n) is 5.33. The maximum absolute atomic E-state index is 10.8. The van der Waals surface area contributed by atoms with Gasteiger partial charge in [-0.3, -0.25) is 4.79 Å². The van der Waals surface area contributed by atoms with Crippen molar-refractivity contribution in [1.82, 2.24) is 4.90 Å². The van der Waals surface area contributed by atoms with E-state index in [4.69, 9.17) is 0 Å². The molecule has 9 heavy (non-hydrogen) atoms. The SMILES string of the molecule is CN1CSCC=CC1=O. The van der Waals surface area contributed by atoms with Gasteiger partial charge in [-0.2, -0.15) is 0 Å². The fourth-order valence-electron chi connectivity index (χ4n) is 0.597. The van der Waals surface area contributed by atoms with Gasteiger partial charge in [-0.1, -0.05) is 6.08 Å². The summed E-state index contributed by atoms with van der Waals surface area (Å²) in [5, 5.41) is 0. The van der Waals surface area contributed by atoms with Crippen molar-refractivity contribution < 1.29 is 4.79 Å². The number of thioether (sulfide) groups is 1. The summed E-state index contributed by atoms with van der Waals surface area (Å²) in [6.45, 7) is 0. The largest absolute Gasteiger partial charge is 0.333 e. The highest BCUT2D eigenvalue weighted by atomic mass is 32.2. The van der Waals surface area contributed by atoms with Crippen molar-refractivity contribution in [2.24, 2.45) is 0 Å². The van der Waals surface area contributed by atoms with Crippen molar-refractivity contribution in [3.05, 3.63) is 12.2 Å². The number of amides is 1. The Balaban J connectivity index is 2.57. The van der Waals surface area contributed by atoms with Crippen molar-refractivity contribution in [1.29, 1.82) is 0 Å². The van der Waals surface area contributed by atoms with E-state index < -0.39 is 0 Å². The summed E-state index contributed by atoms with van der Waals surface area (Å²) in [4.78, 5) is 12.5. The smallest absolute Gasteiger partial charge is 0.246 e. The van der Waals surface area contributed by atoms with Crippen molar-refractivity contribution in [2.75, 3.05) is 18.7 Å². The van der Waals surface area contributed by atoms with Gasteiger partial charge in [0.15, 0.2) is 0 Å². The average molecular weight is 143 g/mol. The lowest BCUT2D eigenvalue weighted by Crippen LogP contribution is -2.22. The van der Waals surface area contributed by atoms with Crippen LogP contribution in [0.1, 0.15) is 0 Å². The van der Waals surface area contributed by atoms with Gasteiger partial charge >= 0.3 is 0 Å². The molecule has 0 spiro atoms. The summed E-state index contributed by atoms with van der Waals surface area (Å²) in [7, 11) is 1.81. The van der Waals surface area contributed by atoms with Crippen LogP contribution in [0.5, 0.6) is 0 Å².